The zero-order chi connectivity index (χ0) is 21.3. The lowest BCUT2D eigenvalue weighted by Crippen LogP contribution is -2.48. The van der Waals surface area contributed by atoms with Gasteiger partial charge in [-0.05, 0) is 25.8 Å². The van der Waals surface area contributed by atoms with E-state index in [9.17, 15) is 14.4 Å². The number of ether oxygens (including phenoxy) is 1. The van der Waals surface area contributed by atoms with Crippen molar-refractivity contribution in [3.8, 4) is 0 Å². The number of carbonyl (C=O) groups is 1. The molecule has 1 amide bonds. The molecule has 158 valence electrons. The van der Waals surface area contributed by atoms with Gasteiger partial charge in [0, 0.05) is 38.3 Å². The summed E-state index contributed by atoms with van der Waals surface area (Å²) in [7, 11) is 3.07. The second kappa shape index (κ2) is 8.71. The molecule has 0 N–H and O–H groups in total. The number of hydrogen-bond donors (Lipinski definition) is 0. The van der Waals surface area contributed by atoms with Gasteiger partial charge in [0.25, 0.3) is 5.56 Å². The molecule has 8 nitrogen and oxygen atoms in total. The molecule has 0 saturated carbocycles. The van der Waals surface area contributed by atoms with Crippen LogP contribution >= 0.6 is 11.8 Å². The molecule has 1 fully saturated rings. The first-order valence-electron chi connectivity index (χ1n) is 9.88. The summed E-state index contributed by atoms with van der Waals surface area (Å²) in [5.74, 6) is 0.243. The van der Waals surface area contributed by atoms with Crippen LogP contribution in [0.1, 0.15) is 32.8 Å². The van der Waals surface area contributed by atoms with E-state index < -0.39 is 5.69 Å². The number of thioether (sulfide) groups is 1. The van der Waals surface area contributed by atoms with Crippen LogP contribution in [0.25, 0.3) is 11.0 Å². The lowest BCUT2D eigenvalue weighted by atomic mass is 10.1. The van der Waals surface area contributed by atoms with Gasteiger partial charge in [-0.25, -0.2) is 9.78 Å². The Morgan fingerprint density at radius 2 is 1.86 bits per heavy atom. The minimum Gasteiger partial charge on any atom is -0.372 e. The van der Waals surface area contributed by atoms with Crippen LogP contribution in [0.15, 0.2) is 20.7 Å². The fraction of sp³-hybridized carbons (Fsp3) is 0.600. The maximum atomic E-state index is 12.9. The van der Waals surface area contributed by atoms with Crippen LogP contribution in [0.2, 0.25) is 0 Å². The van der Waals surface area contributed by atoms with Crippen molar-refractivity contribution in [2.45, 2.75) is 50.7 Å². The maximum Gasteiger partial charge on any atom is 0.332 e. The summed E-state index contributed by atoms with van der Waals surface area (Å²) in [6.45, 7) is 7.11. The number of amides is 1. The molecule has 2 atom stereocenters. The minimum absolute atomic E-state index is 0.00641. The molecule has 0 aliphatic carbocycles. The van der Waals surface area contributed by atoms with Crippen molar-refractivity contribution in [2.24, 2.45) is 14.1 Å². The van der Waals surface area contributed by atoms with Crippen LogP contribution in [0.4, 0.5) is 0 Å². The number of fused-ring (bicyclic) bond motifs is 1. The Morgan fingerprint density at radius 3 is 2.48 bits per heavy atom. The fourth-order valence-electron chi connectivity index (χ4n) is 3.76. The van der Waals surface area contributed by atoms with Crippen molar-refractivity contribution in [3.05, 3.63) is 32.6 Å². The predicted molar refractivity (Wildman–Crippen MR) is 114 cm³/mol. The van der Waals surface area contributed by atoms with E-state index in [2.05, 4.69) is 11.9 Å². The predicted octanol–water partition coefficient (Wildman–Crippen LogP) is 1.31. The van der Waals surface area contributed by atoms with Gasteiger partial charge in [0.2, 0.25) is 5.91 Å². The summed E-state index contributed by atoms with van der Waals surface area (Å²) >= 11 is 1.36. The third kappa shape index (κ3) is 4.25. The highest BCUT2D eigenvalue weighted by Gasteiger charge is 2.26. The topological polar surface area (TPSA) is 86.4 Å². The normalized spacial score (nSPS) is 19.7. The summed E-state index contributed by atoms with van der Waals surface area (Å²) in [5.41, 5.74) is 0.484. The monoisotopic (exact) mass is 420 g/mol. The number of nitrogens with zero attached hydrogens (tertiary/aromatic N) is 4. The van der Waals surface area contributed by atoms with Gasteiger partial charge in [-0.1, -0.05) is 13.3 Å². The molecular weight excluding hydrogens is 392 g/mol. The van der Waals surface area contributed by atoms with Crippen LogP contribution in [0.5, 0.6) is 0 Å². The molecule has 1 saturated heterocycles. The van der Waals surface area contributed by atoms with E-state index in [-0.39, 0.29) is 29.4 Å². The quantitative estimate of drug-likeness (QED) is 0.678. The van der Waals surface area contributed by atoms with Gasteiger partial charge in [-0.2, -0.15) is 0 Å². The summed E-state index contributed by atoms with van der Waals surface area (Å²) in [4.78, 5) is 44.9. The van der Waals surface area contributed by atoms with Crippen molar-refractivity contribution in [1.82, 2.24) is 19.0 Å². The molecule has 3 rings (SSSR count). The molecule has 0 aromatic carbocycles. The number of hydrogen-bond acceptors (Lipinski definition) is 6. The van der Waals surface area contributed by atoms with E-state index in [1.54, 1.807) is 13.2 Å². The first-order valence-corrected chi connectivity index (χ1v) is 10.9. The first-order chi connectivity index (χ1) is 13.7. The summed E-state index contributed by atoms with van der Waals surface area (Å²) in [6.07, 6.45) is 3.37. The van der Waals surface area contributed by atoms with E-state index in [1.807, 2.05) is 18.7 Å². The largest absolute Gasteiger partial charge is 0.372 e. The Balaban J connectivity index is 1.99. The van der Waals surface area contributed by atoms with Gasteiger partial charge in [0.1, 0.15) is 5.65 Å². The summed E-state index contributed by atoms with van der Waals surface area (Å²) in [5, 5.41) is 0.405. The Morgan fingerprint density at radius 1 is 1.21 bits per heavy atom. The third-order valence-electron chi connectivity index (χ3n) is 5.13. The summed E-state index contributed by atoms with van der Waals surface area (Å²) in [6, 6.07) is 0. The Kier molecular flexibility index (Phi) is 6.48. The van der Waals surface area contributed by atoms with Crippen molar-refractivity contribution in [2.75, 3.05) is 18.8 Å². The maximum absolute atomic E-state index is 12.9. The van der Waals surface area contributed by atoms with Crippen LogP contribution in [-0.2, 0) is 30.0 Å². The molecule has 2 aromatic rings. The van der Waals surface area contributed by atoms with Gasteiger partial charge in [0.05, 0.1) is 23.3 Å². The number of carbonyl (C=O) groups excluding carboxylic acids is 1. The molecule has 2 aromatic heterocycles. The Bertz CT molecular complexity index is 1040. The van der Waals surface area contributed by atoms with Crippen molar-refractivity contribution in [3.63, 3.8) is 0 Å². The molecule has 1 aliphatic heterocycles. The van der Waals surface area contributed by atoms with Crippen LogP contribution in [0, 0.1) is 0 Å². The second-order valence-electron chi connectivity index (χ2n) is 7.61. The van der Waals surface area contributed by atoms with E-state index in [0.29, 0.717) is 24.1 Å². The molecule has 0 spiro atoms. The van der Waals surface area contributed by atoms with Gasteiger partial charge >= 0.3 is 5.69 Å². The number of aryl methyl sites for hydroxylation is 2. The molecule has 0 unspecified atom stereocenters. The van der Waals surface area contributed by atoms with E-state index in [0.717, 1.165) is 27.9 Å². The Labute approximate surface area is 173 Å². The van der Waals surface area contributed by atoms with Gasteiger partial charge in [0.15, 0.2) is 0 Å². The molecule has 0 radical (unpaired) electrons. The standard InChI is InChI=1S/C20H28N4O4S/c1-6-7-14-8-21-18-16(19(26)23(5)20(27)22(18)4)17(14)29-11-15(25)24-9-12(2)28-13(3)10-24/h8,12-13H,6-7,9-11H2,1-5H3/t12-,13-/m0/s1. The van der Waals surface area contributed by atoms with Crippen LogP contribution < -0.4 is 11.2 Å². The van der Waals surface area contributed by atoms with Crippen LogP contribution in [-0.4, -0.2) is 56.0 Å². The summed E-state index contributed by atoms with van der Waals surface area (Å²) < 4.78 is 8.18. The number of pyridine rings is 1. The first kappa shape index (κ1) is 21.6. The Hall–Kier alpha value is -2.13. The lowest BCUT2D eigenvalue weighted by Gasteiger charge is -2.35. The number of morpholine rings is 1. The van der Waals surface area contributed by atoms with Crippen molar-refractivity contribution in [1.29, 1.82) is 0 Å². The number of aromatic nitrogens is 3. The zero-order valence-electron chi connectivity index (χ0n) is 17.6. The molecule has 9 heteroatoms. The van der Waals surface area contributed by atoms with Crippen LogP contribution in [0.3, 0.4) is 0 Å². The SMILES string of the molecule is CCCc1cnc2c(c1SCC(=O)N1C[C@H](C)O[C@@H](C)C1)c(=O)n(C)c(=O)n2C. The zero-order valence-corrected chi connectivity index (χ0v) is 18.4. The van der Waals surface area contributed by atoms with Gasteiger partial charge < -0.3 is 9.64 Å². The van der Waals surface area contributed by atoms with Crippen molar-refractivity contribution < 1.29 is 9.53 Å². The third-order valence-corrected chi connectivity index (χ3v) is 6.27. The van der Waals surface area contributed by atoms with Gasteiger partial charge in [-0.15, -0.1) is 11.8 Å². The number of rotatable bonds is 5. The van der Waals surface area contributed by atoms with E-state index >= 15 is 0 Å². The molecular formula is C20H28N4O4S. The highest BCUT2D eigenvalue weighted by molar-refractivity contribution is 8.00. The average molecular weight is 421 g/mol. The fourth-order valence-corrected chi connectivity index (χ4v) is 4.87. The molecule has 0 bridgehead atoms. The van der Waals surface area contributed by atoms with Crippen molar-refractivity contribution >= 4 is 28.7 Å². The van der Waals surface area contributed by atoms with E-state index in [1.165, 1.54) is 23.4 Å². The molecule has 1 aliphatic rings. The van der Waals surface area contributed by atoms with Gasteiger partial charge in [-0.3, -0.25) is 18.7 Å². The average Bonchev–Trinajstić information content (AvgIpc) is 2.68. The molecule has 29 heavy (non-hydrogen) atoms. The highest BCUT2D eigenvalue weighted by atomic mass is 32.2. The smallest absolute Gasteiger partial charge is 0.332 e. The highest BCUT2D eigenvalue weighted by Crippen LogP contribution is 2.29. The van der Waals surface area contributed by atoms with E-state index in [4.69, 9.17) is 4.74 Å². The minimum atomic E-state index is -0.415. The molecule has 3 heterocycles. The second-order valence-corrected chi connectivity index (χ2v) is 8.60. The lowest BCUT2D eigenvalue weighted by molar-refractivity contribution is -0.140.